The van der Waals surface area contributed by atoms with Gasteiger partial charge in [0.25, 0.3) is 0 Å². The normalized spacial score (nSPS) is 10.9. The fraction of sp³-hybridized carbons (Fsp3) is 0.571. The van der Waals surface area contributed by atoms with Gasteiger partial charge in [0.2, 0.25) is 0 Å². The number of unbranched alkanes of at least 4 members (excludes halogenated alkanes) is 10. The molecule has 0 fully saturated rings. The zero-order chi connectivity index (χ0) is 22.0. The van der Waals surface area contributed by atoms with Crippen molar-refractivity contribution >= 4 is 12.6 Å². The van der Waals surface area contributed by atoms with Crippen LogP contribution in [0.5, 0.6) is 11.5 Å². The third kappa shape index (κ3) is 11.5. The molecule has 3 heteroatoms. The van der Waals surface area contributed by atoms with E-state index in [0.717, 1.165) is 43.3 Å². The van der Waals surface area contributed by atoms with Crippen LogP contribution in [0.2, 0.25) is 0 Å². The summed E-state index contributed by atoms with van der Waals surface area (Å²) < 4.78 is 11.8. The van der Waals surface area contributed by atoms with E-state index in [1.807, 2.05) is 0 Å². The van der Waals surface area contributed by atoms with Gasteiger partial charge in [0.15, 0.2) is 0 Å². The monoisotopic (exact) mass is 442 g/mol. The van der Waals surface area contributed by atoms with Crippen molar-refractivity contribution in [3.8, 4) is 22.6 Å². The zero-order valence-corrected chi connectivity index (χ0v) is 20.4. The summed E-state index contributed by atoms with van der Waals surface area (Å²) in [6.45, 7) is 3.85. The zero-order valence-electron chi connectivity index (χ0n) is 19.5. The van der Waals surface area contributed by atoms with E-state index < -0.39 is 0 Å². The standard InChI is InChI=1S/C28H42O2S/c1-2-3-4-11-22-29-27-18-14-25(15-19-27)26-16-20-28(21-17-26)30-23-12-9-7-5-6-8-10-13-24-31/h14-21,31H,2-13,22-24H2,1H3. The molecule has 31 heavy (non-hydrogen) atoms. The molecule has 0 radical (unpaired) electrons. The van der Waals surface area contributed by atoms with Crippen LogP contribution in [-0.4, -0.2) is 19.0 Å². The molecule has 0 spiro atoms. The molecule has 0 saturated carbocycles. The molecule has 2 rings (SSSR count). The van der Waals surface area contributed by atoms with Crippen LogP contribution in [0.15, 0.2) is 48.5 Å². The second-order valence-corrected chi connectivity index (χ2v) is 8.81. The number of ether oxygens (including phenoxy) is 2. The van der Waals surface area contributed by atoms with E-state index in [9.17, 15) is 0 Å². The molecule has 0 N–H and O–H groups in total. The molecule has 0 bridgehead atoms. The summed E-state index contributed by atoms with van der Waals surface area (Å²) in [6, 6.07) is 16.8. The molecule has 0 aliphatic carbocycles. The topological polar surface area (TPSA) is 18.5 Å². The first-order chi connectivity index (χ1) is 15.3. The van der Waals surface area contributed by atoms with Crippen molar-refractivity contribution in [3.05, 3.63) is 48.5 Å². The largest absolute Gasteiger partial charge is 0.494 e. The fourth-order valence-electron chi connectivity index (χ4n) is 3.67. The Balaban J connectivity index is 1.60. The van der Waals surface area contributed by atoms with Gasteiger partial charge in [0.1, 0.15) is 11.5 Å². The van der Waals surface area contributed by atoms with E-state index in [-0.39, 0.29) is 0 Å². The first-order valence-corrected chi connectivity index (χ1v) is 13.0. The Morgan fingerprint density at radius 2 is 0.903 bits per heavy atom. The van der Waals surface area contributed by atoms with Gasteiger partial charge in [-0.3, -0.25) is 0 Å². The molecule has 2 nitrogen and oxygen atoms in total. The Morgan fingerprint density at radius 3 is 1.32 bits per heavy atom. The number of thiol groups is 1. The van der Waals surface area contributed by atoms with Gasteiger partial charge in [0.05, 0.1) is 13.2 Å². The van der Waals surface area contributed by atoms with Crippen LogP contribution in [0, 0.1) is 0 Å². The number of rotatable bonds is 18. The SMILES string of the molecule is CCCCCCOc1ccc(-c2ccc(OCCCCCCCCCCS)cc2)cc1. The minimum Gasteiger partial charge on any atom is -0.494 e. The summed E-state index contributed by atoms with van der Waals surface area (Å²) in [6.07, 6.45) is 15.3. The lowest BCUT2D eigenvalue weighted by Crippen LogP contribution is -1.97. The molecule has 0 amide bonds. The Labute approximate surface area is 196 Å². The van der Waals surface area contributed by atoms with Gasteiger partial charge in [-0.05, 0) is 60.4 Å². The third-order valence-electron chi connectivity index (χ3n) is 5.63. The highest BCUT2D eigenvalue weighted by atomic mass is 32.1. The molecule has 0 aliphatic heterocycles. The maximum atomic E-state index is 5.92. The smallest absolute Gasteiger partial charge is 0.119 e. The quantitative estimate of drug-likeness (QED) is 0.184. The van der Waals surface area contributed by atoms with Crippen molar-refractivity contribution in [1.82, 2.24) is 0 Å². The summed E-state index contributed by atoms with van der Waals surface area (Å²) >= 11 is 4.26. The Kier molecular flexibility index (Phi) is 14.1. The maximum absolute atomic E-state index is 5.92. The number of hydrogen-bond acceptors (Lipinski definition) is 3. The van der Waals surface area contributed by atoms with Crippen LogP contribution in [0.4, 0.5) is 0 Å². The Morgan fingerprint density at radius 1 is 0.516 bits per heavy atom. The molecule has 0 saturated heterocycles. The van der Waals surface area contributed by atoms with Crippen molar-refractivity contribution in [2.45, 2.75) is 84.0 Å². The number of benzene rings is 2. The molecule has 172 valence electrons. The lowest BCUT2D eigenvalue weighted by molar-refractivity contribution is 0.304. The molecule has 0 unspecified atom stereocenters. The van der Waals surface area contributed by atoms with E-state index in [1.54, 1.807) is 0 Å². The lowest BCUT2D eigenvalue weighted by Gasteiger charge is -2.09. The van der Waals surface area contributed by atoms with Crippen LogP contribution in [0.1, 0.15) is 84.0 Å². The highest BCUT2D eigenvalue weighted by Crippen LogP contribution is 2.25. The summed E-state index contributed by atoms with van der Waals surface area (Å²) in [4.78, 5) is 0. The summed E-state index contributed by atoms with van der Waals surface area (Å²) in [5.74, 6) is 2.94. The van der Waals surface area contributed by atoms with Crippen molar-refractivity contribution in [3.63, 3.8) is 0 Å². The summed E-state index contributed by atoms with van der Waals surface area (Å²) in [7, 11) is 0. The lowest BCUT2D eigenvalue weighted by atomic mass is 10.1. The first-order valence-electron chi connectivity index (χ1n) is 12.4. The number of hydrogen-bond donors (Lipinski definition) is 1. The van der Waals surface area contributed by atoms with Gasteiger partial charge < -0.3 is 9.47 Å². The minimum atomic E-state index is 0.807. The first kappa shape index (κ1) is 25.6. The minimum absolute atomic E-state index is 0.807. The van der Waals surface area contributed by atoms with Crippen molar-refractivity contribution in [1.29, 1.82) is 0 Å². The van der Waals surface area contributed by atoms with Crippen LogP contribution in [0.3, 0.4) is 0 Å². The molecule has 2 aromatic carbocycles. The van der Waals surface area contributed by atoms with Gasteiger partial charge >= 0.3 is 0 Å². The van der Waals surface area contributed by atoms with Gasteiger partial charge in [-0.2, -0.15) is 12.6 Å². The predicted molar refractivity (Wildman–Crippen MR) is 138 cm³/mol. The highest BCUT2D eigenvalue weighted by Gasteiger charge is 2.01. The summed E-state index contributed by atoms with van der Waals surface area (Å²) in [5, 5.41) is 0. The molecular weight excluding hydrogens is 400 g/mol. The molecule has 2 aromatic rings. The van der Waals surface area contributed by atoms with Crippen molar-refractivity contribution < 1.29 is 9.47 Å². The van der Waals surface area contributed by atoms with Crippen LogP contribution >= 0.6 is 12.6 Å². The van der Waals surface area contributed by atoms with Gasteiger partial charge in [-0.25, -0.2) is 0 Å². The van der Waals surface area contributed by atoms with E-state index in [4.69, 9.17) is 9.47 Å². The van der Waals surface area contributed by atoms with E-state index >= 15 is 0 Å². The van der Waals surface area contributed by atoms with Crippen LogP contribution < -0.4 is 9.47 Å². The predicted octanol–water partition coefficient (Wildman–Crippen LogP) is 8.74. The highest BCUT2D eigenvalue weighted by molar-refractivity contribution is 7.80. The maximum Gasteiger partial charge on any atom is 0.119 e. The van der Waals surface area contributed by atoms with E-state index in [2.05, 4.69) is 68.1 Å². The van der Waals surface area contributed by atoms with Crippen LogP contribution in [0.25, 0.3) is 11.1 Å². The van der Waals surface area contributed by atoms with E-state index in [0.29, 0.717) is 0 Å². The van der Waals surface area contributed by atoms with Crippen molar-refractivity contribution in [2.75, 3.05) is 19.0 Å². The molecule has 0 heterocycles. The van der Waals surface area contributed by atoms with Gasteiger partial charge in [0, 0.05) is 0 Å². The second-order valence-electron chi connectivity index (χ2n) is 8.36. The average Bonchev–Trinajstić information content (AvgIpc) is 2.81. The molecule has 0 aromatic heterocycles. The third-order valence-corrected chi connectivity index (χ3v) is 5.95. The average molecular weight is 443 g/mol. The Hall–Kier alpha value is -1.61. The molecule has 0 atom stereocenters. The fourth-order valence-corrected chi connectivity index (χ4v) is 3.89. The molecular formula is C28H42O2S. The van der Waals surface area contributed by atoms with Gasteiger partial charge in [-0.1, -0.05) is 89.0 Å². The van der Waals surface area contributed by atoms with Crippen LogP contribution in [-0.2, 0) is 0 Å². The van der Waals surface area contributed by atoms with Crippen molar-refractivity contribution in [2.24, 2.45) is 0 Å². The summed E-state index contributed by atoms with van der Waals surface area (Å²) in [5.41, 5.74) is 2.42. The molecule has 0 aliphatic rings. The van der Waals surface area contributed by atoms with E-state index in [1.165, 1.54) is 75.3 Å². The Bertz CT molecular complexity index is 666. The second kappa shape index (κ2) is 17.0. The van der Waals surface area contributed by atoms with Gasteiger partial charge in [-0.15, -0.1) is 0 Å².